The second-order valence-electron chi connectivity index (χ2n) is 5.76. The van der Waals surface area contributed by atoms with Gasteiger partial charge in [0, 0.05) is 18.3 Å². The number of Topliss-reactive ketones (excluding diaryl/α,β-unsaturated/α-hetero) is 1. The number of carbonyl (C=O) groups excluding carboxylic acids is 2. The summed E-state index contributed by atoms with van der Waals surface area (Å²) in [6, 6.07) is 16.4. The summed E-state index contributed by atoms with van der Waals surface area (Å²) in [4.78, 5) is 24.5. The Morgan fingerprint density at radius 3 is 2.54 bits per heavy atom. The van der Waals surface area contributed by atoms with Gasteiger partial charge in [-0.05, 0) is 24.6 Å². The molecule has 1 N–H and O–H groups in total. The number of amides is 1. The highest BCUT2D eigenvalue weighted by molar-refractivity contribution is 8.00. The third-order valence-corrected chi connectivity index (χ3v) is 5.07. The van der Waals surface area contributed by atoms with Crippen LogP contribution in [-0.2, 0) is 11.8 Å². The smallest absolute Gasteiger partial charge is 0.242 e. The van der Waals surface area contributed by atoms with Gasteiger partial charge < -0.3 is 9.88 Å². The lowest BCUT2D eigenvalue weighted by molar-refractivity contribution is -0.115. The van der Waals surface area contributed by atoms with Gasteiger partial charge in [0.1, 0.15) is 11.6 Å². The quantitative estimate of drug-likeness (QED) is 0.534. The molecule has 0 aliphatic heterocycles. The molecule has 0 aliphatic rings. The molecular weight excluding hydrogens is 348 g/mol. The van der Waals surface area contributed by atoms with Crippen LogP contribution in [0.15, 0.2) is 66.1 Å². The molecule has 3 rings (SSSR count). The minimum atomic E-state index is -0.500. The number of rotatable bonds is 6. The van der Waals surface area contributed by atoms with Crippen LogP contribution < -0.4 is 5.32 Å². The van der Waals surface area contributed by atoms with Crippen molar-refractivity contribution in [1.29, 1.82) is 0 Å². The largest absolute Gasteiger partial charge is 0.325 e. The van der Waals surface area contributed by atoms with E-state index >= 15 is 0 Å². The Bertz CT molecular complexity index is 924. The summed E-state index contributed by atoms with van der Waals surface area (Å²) in [6.45, 7) is 1.50. The van der Waals surface area contributed by atoms with Crippen LogP contribution in [0, 0.1) is 0 Å². The highest BCUT2D eigenvalue weighted by atomic mass is 32.2. The first-order valence-corrected chi connectivity index (χ1v) is 8.90. The van der Waals surface area contributed by atoms with E-state index in [2.05, 4.69) is 15.5 Å². The molecule has 26 heavy (non-hydrogen) atoms. The van der Waals surface area contributed by atoms with Gasteiger partial charge in [0.2, 0.25) is 5.91 Å². The predicted molar refractivity (Wildman–Crippen MR) is 101 cm³/mol. The van der Waals surface area contributed by atoms with E-state index in [1.807, 2.05) is 37.4 Å². The van der Waals surface area contributed by atoms with Crippen LogP contribution in [0.1, 0.15) is 28.1 Å². The van der Waals surface area contributed by atoms with Crippen LogP contribution in [0.4, 0.5) is 5.69 Å². The van der Waals surface area contributed by atoms with Crippen molar-refractivity contribution in [2.24, 2.45) is 7.05 Å². The maximum absolute atomic E-state index is 13.0. The zero-order chi connectivity index (χ0) is 18.5. The third kappa shape index (κ3) is 4.18. The fourth-order valence-electron chi connectivity index (χ4n) is 2.41. The summed E-state index contributed by atoms with van der Waals surface area (Å²) in [6.07, 6.45) is 1.60. The maximum Gasteiger partial charge on any atom is 0.242 e. The Labute approximate surface area is 155 Å². The molecule has 1 heterocycles. The van der Waals surface area contributed by atoms with Crippen molar-refractivity contribution in [3.63, 3.8) is 0 Å². The van der Waals surface area contributed by atoms with Gasteiger partial charge in [-0.15, -0.1) is 10.2 Å². The van der Waals surface area contributed by atoms with Crippen molar-refractivity contribution < 1.29 is 9.59 Å². The van der Waals surface area contributed by atoms with Gasteiger partial charge in [-0.3, -0.25) is 9.59 Å². The molecule has 1 amide bonds. The second kappa shape index (κ2) is 7.97. The molecule has 0 fully saturated rings. The number of anilines is 1. The highest BCUT2D eigenvalue weighted by Gasteiger charge is 2.24. The molecule has 0 saturated carbocycles. The van der Waals surface area contributed by atoms with E-state index in [4.69, 9.17) is 0 Å². The zero-order valence-corrected chi connectivity index (χ0v) is 15.2. The Balaban J connectivity index is 1.86. The molecule has 6 nitrogen and oxygen atoms in total. The molecular formula is C19H18N4O2S. The van der Waals surface area contributed by atoms with Gasteiger partial charge in [-0.25, -0.2) is 0 Å². The molecule has 1 unspecified atom stereocenters. The van der Waals surface area contributed by atoms with Crippen LogP contribution in [0.5, 0.6) is 0 Å². The lowest BCUT2D eigenvalue weighted by Gasteiger charge is -2.16. The van der Waals surface area contributed by atoms with E-state index in [1.165, 1.54) is 18.7 Å². The molecule has 7 heteroatoms. The lowest BCUT2D eigenvalue weighted by atomic mass is 10.1. The summed E-state index contributed by atoms with van der Waals surface area (Å²) in [5, 5.41) is 11.0. The number of benzene rings is 2. The minimum absolute atomic E-state index is 0.0471. The van der Waals surface area contributed by atoms with Gasteiger partial charge in [-0.2, -0.15) is 0 Å². The first kappa shape index (κ1) is 17.9. The standard InChI is InChI=1S/C19H18N4O2S/c1-13(24)15-9-6-10-16(11-15)21-18(25)17(14-7-4-3-5-8-14)26-19-22-20-12-23(19)2/h3-12,17H,1-2H3,(H,21,25). The Morgan fingerprint density at radius 1 is 1.12 bits per heavy atom. The highest BCUT2D eigenvalue weighted by Crippen LogP contribution is 2.34. The zero-order valence-electron chi connectivity index (χ0n) is 14.4. The van der Waals surface area contributed by atoms with Crippen molar-refractivity contribution in [3.05, 3.63) is 72.1 Å². The van der Waals surface area contributed by atoms with Crippen molar-refractivity contribution >= 4 is 29.1 Å². The number of hydrogen-bond donors (Lipinski definition) is 1. The number of hydrogen-bond acceptors (Lipinski definition) is 5. The van der Waals surface area contributed by atoms with E-state index in [0.29, 0.717) is 16.4 Å². The third-order valence-electron chi connectivity index (χ3n) is 3.77. The fraction of sp³-hybridized carbons (Fsp3) is 0.158. The Hall–Kier alpha value is -2.93. The predicted octanol–water partition coefficient (Wildman–Crippen LogP) is 3.49. The van der Waals surface area contributed by atoms with E-state index < -0.39 is 5.25 Å². The van der Waals surface area contributed by atoms with Gasteiger partial charge in [-0.1, -0.05) is 54.2 Å². The number of nitrogens with zero attached hydrogens (tertiary/aromatic N) is 3. The first-order chi connectivity index (χ1) is 12.5. The van der Waals surface area contributed by atoms with Crippen LogP contribution in [0.25, 0.3) is 0 Å². The summed E-state index contributed by atoms with van der Waals surface area (Å²) in [5.74, 6) is -0.237. The average molecular weight is 366 g/mol. The number of thioether (sulfide) groups is 1. The van der Waals surface area contributed by atoms with Crippen LogP contribution >= 0.6 is 11.8 Å². The molecule has 0 bridgehead atoms. The number of ketones is 1. The summed E-state index contributed by atoms with van der Waals surface area (Å²) >= 11 is 1.32. The monoisotopic (exact) mass is 366 g/mol. The first-order valence-electron chi connectivity index (χ1n) is 8.02. The topological polar surface area (TPSA) is 76.9 Å². The second-order valence-corrected chi connectivity index (χ2v) is 6.83. The molecule has 1 atom stereocenters. The molecule has 0 spiro atoms. The SMILES string of the molecule is CC(=O)c1cccc(NC(=O)C(Sc2nncn2C)c2ccccc2)c1. The Kier molecular flexibility index (Phi) is 5.48. The van der Waals surface area contributed by atoms with Crippen molar-refractivity contribution in [1.82, 2.24) is 14.8 Å². The van der Waals surface area contributed by atoms with Gasteiger partial charge in [0.25, 0.3) is 0 Å². The Morgan fingerprint density at radius 2 is 1.88 bits per heavy atom. The van der Waals surface area contributed by atoms with E-state index in [0.717, 1.165) is 5.56 Å². The number of carbonyl (C=O) groups is 2. The van der Waals surface area contributed by atoms with E-state index in [-0.39, 0.29) is 11.7 Å². The molecule has 0 aliphatic carbocycles. The van der Waals surface area contributed by atoms with Crippen molar-refractivity contribution in [2.45, 2.75) is 17.3 Å². The van der Waals surface area contributed by atoms with Gasteiger partial charge in [0.05, 0.1) is 0 Å². The van der Waals surface area contributed by atoms with Crippen molar-refractivity contribution in [2.75, 3.05) is 5.32 Å². The van der Waals surface area contributed by atoms with Crippen LogP contribution in [-0.4, -0.2) is 26.5 Å². The van der Waals surface area contributed by atoms with Crippen molar-refractivity contribution in [3.8, 4) is 0 Å². The molecule has 132 valence electrons. The average Bonchev–Trinajstić information content (AvgIpc) is 3.05. The number of aryl methyl sites for hydroxylation is 1. The van der Waals surface area contributed by atoms with Gasteiger partial charge in [0.15, 0.2) is 10.9 Å². The maximum atomic E-state index is 13.0. The lowest BCUT2D eigenvalue weighted by Crippen LogP contribution is -2.19. The normalized spacial score (nSPS) is 11.8. The van der Waals surface area contributed by atoms with Crippen LogP contribution in [0.2, 0.25) is 0 Å². The summed E-state index contributed by atoms with van der Waals surface area (Å²) in [7, 11) is 1.83. The molecule has 2 aromatic carbocycles. The minimum Gasteiger partial charge on any atom is -0.325 e. The number of nitrogens with one attached hydrogen (secondary N) is 1. The molecule has 1 aromatic heterocycles. The van der Waals surface area contributed by atoms with Crippen LogP contribution in [0.3, 0.4) is 0 Å². The van der Waals surface area contributed by atoms with E-state index in [9.17, 15) is 9.59 Å². The molecule has 3 aromatic rings. The number of aromatic nitrogens is 3. The fourth-order valence-corrected chi connectivity index (χ4v) is 3.39. The molecule has 0 radical (unpaired) electrons. The molecule has 0 saturated heterocycles. The van der Waals surface area contributed by atoms with Gasteiger partial charge >= 0.3 is 0 Å². The summed E-state index contributed by atoms with van der Waals surface area (Å²) in [5.41, 5.74) is 2.00. The van der Waals surface area contributed by atoms with E-state index in [1.54, 1.807) is 35.2 Å². The summed E-state index contributed by atoms with van der Waals surface area (Å²) < 4.78 is 1.77.